The lowest BCUT2D eigenvalue weighted by atomic mass is 10.1. The number of aryl methyl sites for hydroxylation is 2. The Labute approximate surface area is 127 Å². The minimum absolute atomic E-state index is 0.00980. The van der Waals surface area contributed by atoms with Crippen molar-refractivity contribution in [1.29, 1.82) is 0 Å². The highest BCUT2D eigenvalue weighted by atomic mass is 32.2. The molecular weight excluding hydrogens is 282 g/mol. The number of sulfonamides is 1. The molecule has 112 valence electrons. The Morgan fingerprint density at radius 3 is 2.24 bits per heavy atom. The average Bonchev–Trinajstić information content (AvgIpc) is 2.41. The number of nitrogens with one attached hydrogen (secondary N) is 1. The highest BCUT2D eigenvalue weighted by Gasteiger charge is 2.17. The third kappa shape index (κ3) is 4.41. The van der Waals surface area contributed by atoms with E-state index in [9.17, 15) is 8.42 Å². The van der Waals surface area contributed by atoms with E-state index in [1.807, 2.05) is 69.3 Å². The van der Waals surface area contributed by atoms with Crippen LogP contribution >= 0.6 is 0 Å². The van der Waals surface area contributed by atoms with Gasteiger partial charge in [0.2, 0.25) is 10.0 Å². The van der Waals surface area contributed by atoms with E-state index in [4.69, 9.17) is 0 Å². The van der Waals surface area contributed by atoms with Crippen LogP contribution in [0.4, 0.5) is 0 Å². The SMILES string of the molecule is Cc1ccc([C@@H](C)NS(=O)(=O)Cc2ccccc2C)cc1. The Bertz CT molecular complexity index is 706. The molecular formula is C17H21NO2S. The van der Waals surface area contributed by atoms with Gasteiger partial charge in [-0.25, -0.2) is 13.1 Å². The normalized spacial score (nSPS) is 13.1. The Morgan fingerprint density at radius 1 is 1.00 bits per heavy atom. The first-order valence-electron chi connectivity index (χ1n) is 6.98. The van der Waals surface area contributed by atoms with Gasteiger partial charge in [0, 0.05) is 6.04 Å². The van der Waals surface area contributed by atoms with E-state index >= 15 is 0 Å². The summed E-state index contributed by atoms with van der Waals surface area (Å²) < 4.78 is 27.3. The summed E-state index contributed by atoms with van der Waals surface area (Å²) in [6.07, 6.45) is 0. The predicted molar refractivity (Wildman–Crippen MR) is 86.5 cm³/mol. The molecule has 0 amide bonds. The summed E-state index contributed by atoms with van der Waals surface area (Å²) in [5.74, 6) is 0.00980. The molecule has 0 aliphatic carbocycles. The molecule has 0 fully saturated rings. The number of hydrogen-bond acceptors (Lipinski definition) is 2. The second-order valence-electron chi connectivity index (χ2n) is 5.44. The van der Waals surface area contributed by atoms with Crippen molar-refractivity contribution in [3.63, 3.8) is 0 Å². The highest BCUT2D eigenvalue weighted by Crippen LogP contribution is 2.16. The Hall–Kier alpha value is -1.65. The molecule has 0 saturated carbocycles. The van der Waals surface area contributed by atoms with Crippen molar-refractivity contribution in [2.45, 2.75) is 32.6 Å². The van der Waals surface area contributed by atoms with Crippen LogP contribution in [0.1, 0.15) is 35.2 Å². The largest absolute Gasteiger partial charge is 0.216 e. The highest BCUT2D eigenvalue weighted by molar-refractivity contribution is 7.88. The fourth-order valence-electron chi connectivity index (χ4n) is 2.21. The van der Waals surface area contributed by atoms with Gasteiger partial charge in [0.05, 0.1) is 5.75 Å². The average molecular weight is 303 g/mol. The van der Waals surface area contributed by atoms with Gasteiger partial charge in [-0.3, -0.25) is 0 Å². The second kappa shape index (κ2) is 6.41. The number of benzene rings is 2. The van der Waals surface area contributed by atoms with Gasteiger partial charge in [0.1, 0.15) is 0 Å². The van der Waals surface area contributed by atoms with Crippen LogP contribution in [0.25, 0.3) is 0 Å². The van der Waals surface area contributed by atoms with Crippen LogP contribution in [-0.2, 0) is 15.8 Å². The Balaban J connectivity index is 2.10. The lowest BCUT2D eigenvalue weighted by Crippen LogP contribution is -2.28. The van der Waals surface area contributed by atoms with Crippen molar-refractivity contribution in [1.82, 2.24) is 4.72 Å². The molecule has 0 radical (unpaired) electrons. The van der Waals surface area contributed by atoms with Crippen molar-refractivity contribution in [2.75, 3.05) is 0 Å². The third-order valence-corrected chi connectivity index (χ3v) is 4.94. The summed E-state index contributed by atoms with van der Waals surface area (Å²) in [5.41, 5.74) is 3.95. The molecule has 0 bridgehead atoms. The topological polar surface area (TPSA) is 46.2 Å². The zero-order valence-electron chi connectivity index (χ0n) is 12.6. The van der Waals surface area contributed by atoms with Gasteiger partial charge >= 0.3 is 0 Å². The monoisotopic (exact) mass is 303 g/mol. The van der Waals surface area contributed by atoms with Gasteiger partial charge in [0.25, 0.3) is 0 Å². The Kier molecular flexibility index (Phi) is 4.80. The van der Waals surface area contributed by atoms with Gasteiger partial charge in [0.15, 0.2) is 0 Å². The van der Waals surface area contributed by atoms with E-state index in [2.05, 4.69) is 4.72 Å². The summed E-state index contributed by atoms with van der Waals surface area (Å²) in [6, 6.07) is 15.2. The van der Waals surface area contributed by atoms with Crippen LogP contribution in [-0.4, -0.2) is 8.42 Å². The molecule has 2 aromatic carbocycles. The smallest absolute Gasteiger partial charge is 0.212 e. The van der Waals surface area contributed by atoms with Gasteiger partial charge in [-0.15, -0.1) is 0 Å². The van der Waals surface area contributed by atoms with Gasteiger partial charge in [-0.2, -0.15) is 0 Å². The Morgan fingerprint density at radius 2 is 1.62 bits per heavy atom. The molecule has 1 N–H and O–H groups in total. The van der Waals surface area contributed by atoms with E-state index in [-0.39, 0.29) is 11.8 Å². The van der Waals surface area contributed by atoms with Crippen LogP contribution in [0.5, 0.6) is 0 Å². The minimum atomic E-state index is -3.36. The van der Waals surface area contributed by atoms with Gasteiger partial charge in [-0.05, 0) is 37.5 Å². The van der Waals surface area contributed by atoms with Crippen LogP contribution in [0.15, 0.2) is 48.5 Å². The second-order valence-corrected chi connectivity index (χ2v) is 7.19. The molecule has 21 heavy (non-hydrogen) atoms. The molecule has 0 aliphatic rings. The first-order valence-corrected chi connectivity index (χ1v) is 8.64. The van der Waals surface area contributed by atoms with Crippen molar-refractivity contribution in [3.8, 4) is 0 Å². The maximum absolute atomic E-state index is 12.3. The van der Waals surface area contributed by atoms with Crippen molar-refractivity contribution >= 4 is 10.0 Å². The zero-order valence-corrected chi connectivity index (χ0v) is 13.4. The molecule has 0 saturated heterocycles. The standard InChI is InChI=1S/C17H21NO2S/c1-13-8-10-16(11-9-13)15(3)18-21(19,20)12-17-7-5-4-6-14(17)2/h4-11,15,18H,12H2,1-3H3/t15-/m1/s1. The summed E-state index contributed by atoms with van der Waals surface area (Å²) in [7, 11) is -3.36. The first kappa shape index (κ1) is 15.7. The van der Waals surface area contributed by atoms with Gasteiger partial charge in [-0.1, -0.05) is 54.1 Å². The molecule has 2 aromatic rings. The van der Waals surface area contributed by atoms with E-state index in [0.29, 0.717) is 0 Å². The first-order chi connectivity index (χ1) is 9.87. The molecule has 2 rings (SSSR count). The number of hydrogen-bond donors (Lipinski definition) is 1. The lowest BCUT2D eigenvalue weighted by Gasteiger charge is -2.15. The maximum atomic E-state index is 12.3. The van der Waals surface area contributed by atoms with Crippen LogP contribution in [0, 0.1) is 13.8 Å². The van der Waals surface area contributed by atoms with Crippen molar-refractivity contribution in [2.24, 2.45) is 0 Å². The molecule has 0 aromatic heterocycles. The van der Waals surface area contributed by atoms with Crippen LogP contribution < -0.4 is 4.72 Å². The van der Waals surface area contributed by atoms with Crippen molar-refractivity contribution < 1.29 is 8.42 Å². The maximum Gasteiger partial charge on any atom is 0.216 e. The molecule has 0 spiro atoms. The molecule has 3 nitrogen and oxygen atoms in total. The van der Waals surface area contributed by atoms with E-state index in [1.165, 1.54) is 0 Å². The summed E-state index contributed by atoms with van der Waals surface area (Å²) >= 11 is 0. The molecule has 4 heteroatoms. The fraction of sp³-hybridized carbons (Fsp3) is 0.294. The van der Waals surface area contributed by atoms with E-state index in [0.717, 1.165) is 22.3 Å². The van der Waals surface area contributed by atoms with Crippen molar-refractivity contribution in [3.05, 3.63) is 70.8 Å². The molecule has 1 atom stereocenters. The zero-order chi connectivity index (χ0) is 15.5. The molecule has 0 unspecified atom stereocenters. The third-order valence-electron chi connectivity index (χ3n) is 3.54. The van der Waals surface area contributed by atoms with Crippen LogP contribution in [0.2, 0.25) is 0 Å². The summed E-state index contributed by atoms with van der Waals surface area (Å²) in [6.45, 7) is 5.80. The van der Waals surface area contributed by atoms with Gasteiger partial charge < -0.3 is 0 Å². The predicted octanol–water partition coefficient (Wildman–Crippen LogP) is 3.48. The number of rotatable bonds is 5. The van der Waals surface area contributed by atoms with E-state index in [1.54, 1.807) is 0 Å². The summed E-state index contributed by atoms with van der Waals surface area (Å²) in [4.78, 5) is 0. The molecule has 0 heterocycles. The molecule has 0 aliphatic heterocycles. The lowest BCUT2D eigenvalue weighted by molar-refractivity contribution is 0.566. The quantitative estimate of drug-likeness (QED) is 0.919. The fourth-order valence-corrected chi connectivity index (χ4v) is 3.70. The summed E-state index contributed by atoms with van der Waals surface area (Å²) in [5, 5.41) is 0. The minimum Gasteiger partial charge on any atom is -0.212 e. The van der Waals surface area contributed by atoms with E-state index < -0.39 is 10.0 Å². The van der Waals surface area contributed by atoms with Crippen LogP contribution in [0.3, 0.4) is 0 Å².